The summed E-state index contributed by atoms with van der Waals surface area (Å²) in [6.07, 6.45) is 3.21. The van der Waals surface area contributed by atoms with E-state index in [0.717, 1.165) is 16.9 Å². The van der Waals surface area contributed by atoms with Crippen molar-refractivity contribution in [2.24, 2.45) is 5.92 Å². The number of pyridine rings is 1. The van der Waals surface area contributed by atoms with Gasteiger partial charge in [0.1, 0.15) is 11.7 Å². The summed E-state index contributed by atoms with van der Waals surface area (Å²) in [6, 6.07) is 1.56. The second-order valence-corrected chi connectivity index (χ2v) is 7.92. The number of hydrogen-bond donors (Lipinski definition) is 1. The molecule has 0 radical (unpaired) electrons. The lowest BCUT2D eigenvalue weighted by Crippen LogP contribution is -2.48. The summed E-state index contributed by atoms with van der Waals surface area (Å²) in [7, 11) is 0. The highest BCUT2D eigenvalue weighted by Gasteiger charge is 2.52. The fraction of sp³-hybridized carbons (Fsp3) is 0.611. The van der Waals surface area contributed by atoms with Gasteiger partial charge in [-0.05, 0) is 57.1 Å². The average molecular weight is 347 g/mol. The van der Waals surface area contributed by atoms with Gasteiger partial charge in [0.05, 0.1) is 17.9 Å². The van der Waals surface area contributed by atoms with E-state index < -0.39 is 17.8 Å². The highest BCUT2D eigenvalue weighted by Crippen LogP contribution is 2.44. The fourth-order valence-corrected chi connectivity index (χ4v) is 3.80. The molecule has 2 heterocycles. The van der Waals surface area contributed by atoms with E-state index >= 15 is 0 Å². The SMILES string of the molecule is C[C@@H]1C[C@H](c2ccncc2N)C[C@H]2[C@@H]1OC(=O)N2C(=O)OC(C)(C)C. The molecule has 2 aliphatic rings. The van der Waals surface area contributed by atoms with Crippen LogP contribution in [0.4, 0.5) is 15.3 Å². The molecule has 7 heteroatoms. The zero-order chi connectivity index (χ0) is 18.4. The number of nitrogens with zero attached hydrogens (tertiary/aromatic N) is 2. The molecule has 2 N–H and O–H groups in total. The molecule has 0 unspecified atom stereocenters. The van der Waals surface area contributed by atoms with Gasteiger partial charge in [0.15, 0.2) is 0 Å². The van der Waals surface area contributed by atoms with Crippen LogP contribution in [0.25, 0.3) is 0 Å². The molecule has 25 heavy (non-hydrogen) atoms. The first-order valence-electron chi connectivity index (χ1n) is 8.59. The maximum Gasteiger partial charge on any atom is 0.420 e. The molecular formula is C18H25N3O4. The van der Waals surface area contributed by atoms with E-state index in [1.165, 1.54) is 0 Å². The molecule has 2 amide bonds. The molecule has 0 spiro atoms. The van der Waals surface area contributed by atoms with Crippen LogP contribution in [0, 0.1) is 5.92 Å². The van der Waals surface area contributed by atoms with E-state index in [-0.39, 0.29) is 24.0 Å². The number of nitrogens with two attached hydrogens (primary N) is 1. The van der Waals surface area contributed by atoms with Crippen LogP contribution in [-0.2, 0) is 9.47 Å². The second kappa shape index (κ2) is 6.20. The Hall–Kier alpha value is -2.31. The number of imide groups is 1. The smallest absolute Gasteiger partial charge is 0.420 e. The van der Waals surface area contributed by atoms with Gasteiger partial charge in [-0.2, -0.15) is 0 Å². The number of carbonyl (C=O) groups is 2. The molecule has 136 valence electrons. The molecule has 3 rings (SSSR count). The van der Waals surface area contributed by atoms with E-state index in [9.17, 15) is 9.59 Å². The fourth-order valence-electron chi connectivity index (χ4n) is 3.80. The van der Waals surface area contributed by atoms with Crippen molar-refractivity contribution in [1.82, 2.24) is 9.88 Å². The second-order valence-electron chi connectivity index (χ2n) is 7.92. The first kappa shape index (κ1) is 17.5. The molecule has 0 bridgehead atoms. The van der Waals surface area contributed by atoms with Crippen molar-refractivity contribution < 1.29 is 19.1 Å². The summed E-state index contributed by atoms with van der Waals surface area (Å²) in [4.78, 5) is 30.0. The number of hydrogen-bond acceptors (Lipinski definition) is 6. The third-order valence-corrected chi connectivity index (χ3v) is 4.80. The molecule has 4 atom stereocenters. The standard InChI is InChI=1S/C18H25N3O4/c1-10-7-11(12-5-6-20-9-13(12)19)8-14-15(10)24-16(22)21(14)17(23)25-18(2,3)4/h5-6,9-11,14-15H,7-8,19H2,1-4H3/t10-,11+,14+,15-/m1/s1. The first-order valence-corrected chi connectivity index (χ1v) is 8.59. The molecule has 1 aliphatic heterocycles. The van der Waals surface area contributed by atoms with Gasteiger partial charge in [-0.25, -0.2) is 14.5 Å². The third-order valence-electron chi connectivity index (χ3n) is 4.80. The molecule has 1 saturated heterocycles. The molecule has 0 aromatic carbocycles. The number of anilines is 1. The summed E-state index contributed by atoms with van der Waals surface area (Å²) in [5.41, 5.74) is 7.03. The maximum absolute atomic E-state index is 12.5. The Morgan fingerprint density at radius 3 is 2.76 bits per heavy atom. The van der Waals surface area contributed by atoms with Crippen LogP contribution in [0.5, 0.6) is 0 Å². The summed E-state index contributed by atoms with van der Waals surface area (Å²) in [6.45, 7) is 7.35. The Kier molecular flexibility index (Phi) is 4.34. The highest BCUT2D eigenvalue weighted by molar-refractivity contribution is 5.90. The number of carbonyl (C=O) groups excluding carboxylic acids is 2. The van der Waals surface area contributed by atoms with Gasteiger partial charge >= 0.3 is 12.2 Å². The van der Waals surface area contributed by atoms with Crippen LogP contribution in [0.3, 0.4) is 0 Å². The predicted molar refractivity (Wildman–Crippen MR) is 91.9 cm³/mol. The van der Waals surface area contributed by atoms with Crippen LogP contribution in [0.2, 0.25) is 0 Å². The average Bonchev–Trinajstić information content (AvgIpc) is 2.82. The largest absolute Gasteiger partial charge is 0.443 e. The minimum absolute atomic E-state index is 0.118. The van der Waals surface area contributed by atoms with Crippen molar-refractivity contribution >= 4 is 17.9 Å². The van der Waals surface area contributed by atoms with Gasteiger partial charge in [-0.1, -0.05) is 6.92 Å². The van der Waals surface area contributed by atoms with Crippen molar-refractivity contribution in [3.8, 4) is 0 Å². The van der Waals surface area contributed by atoms with Gasteiger partial charge in [0.2, 0.25) is 0 Å². The molecule has 1 saturated carbocycles. The maximum atomic E-state index is 12.5. The summed E-state index contributed by atoms with van der Waals surface area (Å²) in [5.74, 6) is 0.256. The van der Waals surface area contributed by atoms with E-state index in [2.05, 4.69) is 4.98 Å². The summed E-state index contributed by atoms with van der Waals surface area (Å²) >= 11 is 0. The molecule has 7 nitrogen and oxygen atoms in total. The Balaban J connectivity index is 1.86. The lowest BCUT2D eigenvalue weighted by atomic mass is 9.74. The number of aromatic nitrogens is 1. The van der Waals surface area contributed by atoms with Crippen LogP contribution in [-0.4, -0.2) is 39.8 Å². The molecule has 1 aliphatic carbocycles. The Labute approximate surface area is 147 Å². The minimum atomic E-state index is -0.676. The topological polar surface area (TPSA) is 94.8 Å². The number of nitrogen functional groups attached to an aromatic ring is 1. The number of ether oxygens (including phenoxy) is 2. The van der Waals surface area contributed by atoms with Crippen molar-refractivity contribution in [3.05, 3.63) is 24.0 Å². The Bertz CT molecular complexity index is 685. The number of rotatable bonds is 1. The first-order chi connectivity index (χ1) is 11.7. The Morgan fingerprint density at radius 2 is 2.12 bits per heavy atom. The van der Waals surface area contributed by atoms with Gasteiger partial charge < -0.3 is 15.2 Å². The van der Waals surface area contributed by atoms with Crippen molar-refractivity contribution in [2.45, 2.75) is 64.2 Å². The molecule has 1 aromatic heterocycles. The van der Waals surface area contributed by atoms with E-state index in [0.29, 0.717) is 12.1 Å². The van der Waals surface area contributed by atoms with Gasteiger partial charge in [0, 0.05) is 6.20 Å². The number of fused-ring (bicyclic) bond motifs is 1. The van der Waals surface area contributed by atoms with Gasteiger partial charge in [-0.15, -0.1) is 0 Å². The monoisotopic (exact) mass is 347 g/mol. The van der Waals surface area contributed by atoms with Crippen LogP contribution >= 0.6 is 0 Å². The van der Waals surface area contributed by atoms with E-state index in [4.69, 9.17) is 15.2 Å². The third kappa shape index (κ3) is 3.41. The van der Waals surface area contributed by atoms with E-state index in [1.807, 2.05) is 13.0 Å². The molecule has 2 fully saturated rings. The van der Waals surface area contributed by atoms with Gasteiger partial charge in [-0.3, -0.25) is 4.98 Å². The van der Waals surface area contributed by atoms with Crippen molar-refractivity contribution in [2.75, 3.05) is 5.73 Å². The quantitative estimate of drug-likeness (QED) is 0.837. The van der Waals surface area contributed by atoms with Crippen molar-refractivity contribution in [3.63, 3.8) is 0 Å². The molecule has 1 aromatic rings. The summed E-state index contributed by atoms with van der Waals surface area (Å²) in [5, 5.41) is 0. The molecular weight excluding hydrogens is 322 g/mol. The zero-order valence-corrected chi connectivity index (χ0v) is 15.1. The van der Waals surface area contributed by atoms with E-state index in [1.54, 1.807) is 33.2 Å². The van der Waals surface area contributed by atoms with Crippen molar-refractivity contribution in [1.29, 1.82) is 0 Å². The normalized spacial score (nSPS) is 29.1. The van der Waals surface area contributed by atoms with Gasteiger partial charge in [0.25, 0.3) is 0 Å². The Morgan fingerprint density at radius 1 is 1.40 bits per heavy atom. The highest BCUT2D eigenvalue weighted by atomic mass is 16.6. The van der Waals surface area contributed by atoms with Crippen LogP contribution < -0.4 is 5.73 Å². The lowest BCUT2D eigenvalue weighted by Gasteiger charge is -2.37. The van der Waals surface area contributed by atoms with Crippen LogP contribution in [0.1, 0.15) is 52.0 Å². The summed E-state index contributed by atoms with van der Waals surface area (Å²) < 4.78 is 10.9. The predicted octanol–water partition coefficient (Wildman–Crippen LogP) is 3.30. The lowest BCUT2D eigenvalue weighted by molar-refractivity contribution is 0.0233. The number of amides is 2. The minimum Gasteiger partial charge on any atom is -0.443 e. The zero-order valence-electron chi connectivity index (χ0n) is 15.1. The van der Waals surface area contributed by atoms with Crippen LogP contribution in [0.15, 0.2) is 18.5 Å².